The van der Waals surface area contributed by atoms with Gasteiger partial charge in [0.2, 0.25) is 0 Å². The van der Waals surface area contributed by atoms with Crippen molar-refractivity contribution >= 4 is 9.84 Å². The molecule has 116 valence electrons. The van der Waals surface area contributed by atoms with Gasteiger partial charge in [-0.3, -0.25) is 0 Å². The molecule has 0 spiro atoms. The lowest BCUT2D eigenvalue weighted by atomic mass is 10.2. The highest BCUT2D eigenvalue weighted by molar-refractivity contribution is 7.92. The third kappa shape index (κ3) is 4.35. The lowest BCUT2D eigenvalue weighted by Crippen LogP contribution is -2.32. The summed E-state index contributed by atoms with van der Waals surface area (Å²) in [7, 11) is -3.07. The van der Waals surface area contributed by atoms with E-state index in [0.29, 0.717) is 6.54 Å². The molecule has 1 heterocycles. The highest BCUT2D eigenvalue weighted by Crippen LogP contribution is 2.18. The van der Waals surface area contributed by atoms with Gasteiger partial charge < -0.3 is 9.88 Å². The molecule has 0 fully saturated rings. The van der Waals surface area contributed by atoms with Crippen LogP contribution in [-0.2, 0) is 16.4 Å². The number of nitrogens with zero attached hydrogens (tertiary/aromatic N) is 1. The first-order chi connectivity index (χ1) is 9.19. The Morgan fingerprint density at radius 2 is 2.00 bits per heavy atom. The minimum absolute atomic E-state index is 0.179. The van der Waals surface area contributed by atoms with Crippen LogP contribution in [-0.4, -0.2) is 30.0 Å². The fourth-order valence-corrected chi connectivity index (χ4v) is 3.06. The molecule has 0 bridgehead atoms. The van der Waals surface area contributed by atoms with Gasteiger partial charge in [0.1, 0.15) is 0 Å². The average Bonchev–Trinajstić information content (AvgIpc) is 2.80. The predicted octanol–water partition coefficient (Wildman–Crippen LogP) is 2.76. The summed E-state index contributed by atoms with van der Waals surface area (Å²) in [5.41, 5.74) is 1.14. The second-order valence-corrected chi connectivity index (χ2v) is 9.10. The lowest BCUT2D eigenvalue weighted by molar-refractivity contribution is 0.523. The molecule has 0 saturated carbocycles. The number of sulfone groups is 1. The molecule has 5 heteroatoms. The van der Waals surface area contributed by atoms with Gasteiger partial charge in [-0.15, -0.1) is 0 Å². The molecule has 4 nitrogen and oxygen atoms in total. The van der Waals surface area contributed by atoms with Crippen LogP contribution in [0.1, 0.15) is 52.8 Å². The van der Waals surface area contributed by atoms with Crippen molar-refractivity contribution in [2.24, 2.45) is 0 Å². The van der Waals surface area contributed by atoms with E-state index in [1.165, 1.54) is 0 Å². The third-order valence-corrected chi connectivity index (χ3v) is 6.13. The maximum Gasteiger partial charge on any atom is 0.156 e. The molecule has 0 aliphatic carbocycles. The Kier molecular flexibility index (Phi) is 5.83. The van der Waals surface area contributed by atoms with Crippen molar-refractivity contribution in [3.05, 3.63) is 24.0 Å². The van der Waals surface area contributed by atoms with Crippen LogP contribution in [0.3, 0.4) is 0 Å². The van der Waals surface area contributed by atoms with Gasteiger partial charge >= 0.3 is 0 Å². The van der Waals surface area contributed by atoms with E-state index in [2.05, 4.69) is 25.2 Å². The Bertz CT molecular complexity index is 512. The van der Waals surface area contributed by atoms with Crippen LogP contribution in [0.15, 0.2) is 18.3 Å². The van der Waals surface area contributed by atoms with Gasteiger partial charge in [-0.1, -0.05) is 6.92 Å². The molecule has 0 radical (unpaired) electrons. The van der Waals surface area contributed by atoms with Gasteiger partial charge in [-0.2, -0.15) is 0 Å². The second-order valence-electron chi connectivity index (χ2n) is 6.23. The number of hydrogen-bond acceptors (Lipinski definition) is 3. The molecule has 1 atom stereocenters. The van der Waals surface area contributed by atoms with Gasteiger partial charge in [-0.25, -0.2) is 8.42 Å². The summed E-state index contributed by atoms with van der Waals surface area (Å²) < 4.78 is 25.7. The van der Waals surface area contributed by atoms with Crippen LogP contribution in [0, 0.1) is 0 Å². The minimum Gasteiger partial charge on any atom is -0.349 e. The molecule has 1 aromatic rings. The minimum atomic E-state index is -3.07. The summed E-state index contributed by atoms with van der Waals surface area (Å²) in [6.07, 6.45) is 3.04. The van der Waals surface area contributed by atoms with Crippen LogP contribution in [0.4, 0.5) is 0 Å². The first-order valence-corrected chi connectivity index (χ1v) is 8.95. The molecule has 1 rings (SSSR count). The van der Waals surface area contributed by atoms with Crippen molar-refractivity contribution in [1.82, 2.24) is 9.88 Å². The molecule has 0 saturated heterocycles. The van der Waals surface area contributed by atoms with E-state index >= 15 is 0 Å². The smallest absolute Gasteiger partial charge is 0.156 e. The molecule has 1 unspecified atom stereocenters. The van der Waals surface area contributed by atoms with Crippen LogP contribution >= 0.6 is 0 Å². The Hall–Kier alpha value is -0.810. The van der Waals surface area contributed by atoms with E-state index in [4.69, 9.17) is 0 Å². The average molecular weight is 300 g/mol. The number of nitrogens with one attached hydrogen (secondary N) is 1. The summed E-state index contributed by atoms with van der Waals surface area (Å²) in [6, 6.07) is 4.27. The highest BCUT2D eigenvalue weighted by atomic mass is 32.2. The van der Waals surface area contributed by atoms with Crippen molar-refractivity contribution < 1.29 is 8.42 Å². The van der Waals surface area contributed by atoms with Gasteiger partial charge in [0.05, 0.1) is 10.5 Å². The molecule has 1 aromatic heterocycles. The molecule has 0 amide bonds. The van der Waals surface area contributed by atoms with Crippen LogP contribution in [0.2, 0.25) is 0 Å². The van der Waals surface area contributed by atoms with Crippen molar-refractivity contribution in [3.63, 3.8) is 0 Å². The zero-order chi connectivity index (χ0) is 15.4. The zero-order valence-electron chi connectivity index (χ0n) is 13.3. The van der Waals surface area contributed by atoms with Gasteiger partial charge in [-0.05, 0) is 52.8 Å². The van der Waals surface area contributed by atoms with Crippen molar-refractivity contribution in [3.8, 4) is 0 Å². The topological polar surface area (TPSA) is 51.1 Å². The monoisotopic (exact) mass is 300 g/mol. The highest BCUT2D eigenvalue weighted by Gasteiger charge is 2.28. The largest absolute Gasteiger partial charge is 0.349 e. The zero-order valence-corrected chi connectivity index (χ0v) is 14.1. The van der Waals surface area contributed by atoms with Crippen LogP contribution in [0.5, 0.6) is 0 Å². The molecule has 1 N–H and O–H groups in total. The lowest BCUT2D eigenvalue weighted by Gasteiger charge is -2.21. The summed E-state index contributed by atoms with van der Waals surface area (Å²) in [5.74, 6) is 0.179. The van der Waals surface area contributed by atoms with E-state index < -0.39 is 14.6 Å². The van der Waals surface area contributed by atoms with E-state index in [0.717, 1.165) is 18.7 Å². The van der Waals surface area contributed by atoms with Crippen molar-refractivity contribution in [2.45, 2.75) is 58.4 Å². The summed E-state index contributed by atoms with van der Waals surface area (Å²) in [4.78, 5) is 0. The summed E-state index contributed by atoms with van der Waals surface area (Å²) >= 11 is 0. The number of hydrogen-bond donors (Lipinski definition) is 1. The van der Waals surface area contributed by atoms with Gasteiger partial charge in [0.15, 0.2) is 9.84 Å². The SMILES string of the molecule is CCCNC(C)c1cccn1CCS(=O)(=O)C(C)(C)C. The Morgan fingerprint density at radius 3 is 2.55 bits per heavy atom. The summed E-state index contributed by atoms with van der Waals surface area (Å²) in [5, 5.41) is 3.43. The summed E-state index contributed by atoms with van der Waals surface area (Å²) in [6.45, 7) is 11.0. The quantitative estimate of drug-likeness (QED) is 0.842. The second kappa shape index (κ2) is 6.76. The fourth-order valence-electron chi connectivity index (χ4n) is 2.01. The Labute approximate surface area is 123 Å². The fraction of sp³-hybridized carbons (Fsp3) is 0.733. The molecular weight excluding hydrogens is 272 g/mol. The van der Waals surface area contributed by atoms with E-state index in [9.17, 15) is 8.42 Å². The maximum absolute atomic E-state index is 12.2. The Morgan fingerprint density at radius 1 is 1.35 bits per heavy atom. The number of rotatable bonds is 7. The molecule has 20 heavy (non-hydrogen) atoms. The maximum atomic E-state index is 12.2. The van der Waals surface area contributed by atoms with Gasteiger partial charge in [0, 0.05) is 24.5 Å². The number of aryl methyl sites for hydroxylation is 1. The molecule has 0 aliphatic rings. The Balaban J connectivity index is 2.73. The number of aromatic nitrogens is 1. The van der Waals surface area contributed by atoms with E-state index in [-0.39, 0.29) is 11.8 Å². The first kappa shape index (κ1) is 17.2. The predicted molar refractivity (Wildman–Crippen MR) is 84.7 cm³/mol. The van der Waals surface area contributed by atoms with Crippen LogP contribution < -0.4 is 5.32 Å². The van der Waals surface area contributed by atoms with Crippen molar-refractivity contribution in [2.75, 3.05) is 12.3 Å². The normalized spacial score (nSPS) is 14.4. The molecular formula is C15H28N2O2S. The standard InChI is InChI=1S/C15H28N2O2S/c1-6-9-16-13(2)14-8-7-10-17(14)11-12-20(18,19)15(3,4)5/h7-8,10,13,16H,6,9,11-12H2,1-5H3. The third-order valence-electron chi connectivity index (χ3n) is 3.54. The van der Waals surface area contributed by atoms with Crippen LogP contribution in [0.25, 0.3) is 0 Å². The van der Waals surface area contributed by atoms with E-state index in [1.807, 2.05) is 16.8 Å². The van der Waals surface area contributed by atoms with Gasteiger partial charge in [0.25, 0.3) is 0 Å². The van der Waals surface area contributed by atoms with Crippen molar-refractivity contribution in [1.29, 1.82) is 0 Å². The molecule has 0 aromatic carbocycles. The first-order valence-electron chi connectivity index (χ1n) is 7.29. The molecule has 0 aliphatic heterocycles. The van der Waals surface area contributed by atoms with E-state index in [1.54, 1.807) is 20.8 Å².